The van der Waals surface area contributed by atoms with Gasteiger partial charge in [0, 0.05) is 11.3 Å². The van der Waals surface area contributed by atoms with Crippen molar-refractivity contribution in [2.75, 3.05) is 11.9 Å². The van der Waals surface area contributed by atoms with Crippen molar-refractivity contribution in [3.63, 3.8) is 0 Å². The van der Waals surface area contributed by atoms with Gasteiger partial charge in [0.2, 0.25) is 5.91 Å². The number of anilines is 1. The first-order valence-corrected chi connectivity index (χ1v) is 9.97. The van der Waals surface area contributed by atoms with E-state index >= 15 is 0 Å². The van der Waals surface area contributed by atoms with Crippen LogP contribution in [-0.4, -0.2) is 18.8 Å². The van der Waals surface area contributed by atoms with Gasteiger partial charge in [0.1, 0.15) is 10.8 Å². The van der Waals surface area contributed by atoms with E-state index in [1.807, 2.05) is 31.2 Å². The molecule has 0 saturated carbocycles. The smallest absolute Gasteiger partial charge is 0.225 e. The van der Waals surface area contributed by atoms with Crippen LogP contribution in [0.15, 0.2) is 24.3 Å². The van der Waals surface area contributed by atoms with Crippen LogP contribution in [0.4, 0.5) is 5.00 Å². The Kier molecular flexibility index (Phi) is 6.09. The van der Waals surface area contributed by atoms with Crippen molar-refractivity contribution in [2.45, 2.75) is 46.0 Å². The zero-order valence-electron chi connectivity index (χ0n) is 15.3. The van der Waals surface area contributed by atoms with Gasteiger partial charge < -0.3 is 10.1 Å². The zero-order valence-corrected chi connectivity index (χ0v) is 16.2. The fourth-order valence-corrected chi connectivity index (χ4v) is 4.71. The van der Waals surface area contributed by atoms with Gasteiger partial charge in [-0.3, -0.25) is 9.59 Å². The minimum atomic E-state index is -0.0624. The van der Waals surface area contributed by atoms with E-state index in [9.17, 15) is 9.59 Å². The van der Waals surface area contributed by atoms with Crippen LogP contribution in [0.2, 0.25) is 0 Å². The Labute approximate surface area is 158 Å². The van der Waals surface area contributed by atoms with Crippen LogP contribution >= 0.6 is 11.3 Å². The lowest BCUT2D eigenvalue weighted by Crippen LogP contribution is -2.13. The fraction of sp³-hybridized carbons (Fsp3) is 0.429. The van der Waals surface area contributed by atoms with Crippen LogP contribution < -0.4 is 10.1 Å². The number of fused-ring (bicyclic) bond motifs is 1. The molecule has 5 heteroatoms. The minimum absolute atomic E-state index is 0.0624. The van der Waals surface area contributed by atoms with Crippen LogP contribution in [0.1, 0.15) is 52.5 Å². The number of nitrogens with one attached hydrogen (secondary N) is 1. The molecule has 0 aliphatic heterocycles. The number of carbonyl (C=O) groups is 2. The normalized spacial score (nSPS) is 16.0. The van der Waals surface area contributed by atoms with Crippen LogP contribution in [0, 0.1) is 12.8 Å². The van der Waals surface area contributed by atoms with Gasteiger partial charge in [0.15, 0.2) is 6.29 Å². The van der Waals surface area contributed by atoms with E-state index in [0.717, 1.165) is 42.4 Å². The van der Waals surface area contributed by atoms with Crippen molar-refractivity contribution in [1.29, 1.82) is 0 Å². The molecule has 26 heavy (non-hydrogen) atoms. The first-order valence-electron chi connectivity index (χ1n) is 9.16. The summed E-state index contributed by atoms with van der Waals surface area (Å²) in [6.45, 7) is 4.75. The number of thiophene rings is 1. The summed E-state index contributed by atoms with van der Waals surface area (Å²) in [5, 5.41) is 3.65. The van der Waals surface area contributed by atoms with E-state index in [-0.39, 0.29) is 5.91 Å². The lowest BCUT2D eigenvalue weighted by Gasteiger charge is -2.17. The average Bonchev–Trinajstić information content (AvgIpc) is 2.94. The standard InChI is InChI=1S/C21H25NO3S/c1-14-5-3-6-16(11-14)25-10-4-7-20(24)22-21-18(13-23)17-9-8-15(2)12-19(17)26-21/h3,5-6,11,13,15H,4,7-10,12H2,1-2H3,(H,22,24). The SMILES string of the molecule is Cc1cccc(OCCCC(=O)Nc2sc3c(c2C=O)CCC(C)C3)c1. The summed E-state index contributed by atoms with van der Waals surface area (Å²) >= 11 is 1.56. The molecule has 0 fully saturated rings. The number of aryl methyl sites for hydroxylation is 1. The minimum Gasteiger partial charge on any atom is -0.494 e. The predicted octanol–water partition coefficient (Wildman–Crippen LogP) is 4.79. The molecule has 3 rings (SSSR count). The van der Waals surface area contributed by atoms with Crippen molar-refractivity contribution in [3.05, 3.63) is 45.8 Å². The van der Waals surface area contributed by atoms with Gasteiger partial charge in [-0.2, -0.15) is 0 Å². The molecule has 1 aliphatic carbocycles. The number of aldehydes is 1. The summed E-state index contributed by atoms with van der Waals surface area (Å²) in [7, 11) is 0. The highest BCUT2D eigenvalue weighted by atomic mass is 32.1. The van der Waals surface area contributed by atoms with Crippen molar-refractivity contribution in [3.8, 4) is 5.75 Å². The first-order chi connectivity index (χ1) is 12.6. The fourth-order valence-electron chi connectivity index (χ4n) is 3.31. The molecule has 1 atom stereocenters. The molecule has 138 valence electrons. The quantitative estimate of drug-likeness (QED) is 0.562. The highest BCUT2D eigenvalue weighted by Gasteiger charge is 2.24. The Morgan fingerprint density at radius 1 is 1.42 bits per heavy atom. The second-order valence-electron chi connectivity index (χ2n) is 7.03. The topological polar surface area (TPSA) is 55.4 Å². The number of carbonyl (C=O) groups excluding carboxylic acids is 2. The Morgan fingerprint density at radius 3 is 3.04 bits per heavy atom. The molecule has 0 radical (unpaired) electrons. The third kappa shape index (κ3) is 4.52. The van der Waals surface area contributed by atoms with E-state index in [4.69, 9.17) is 4.74 Å². The van der Waals surface area contributed by atoms with E-state index in [0.29, 0.717) is 35.9 Å². The monoisotopic (exact) mass is 371 g/mol. The molecule has 1 amide bonds. The molecule has 1 aromatic carbocycles. The van der Waals surface area contributed by atoms with Crippen LogP contribution in [0.25, 0.3) is 0 Å². The lowest BCUT2D eigenvalue weighted by atomic mass is 9.88. The van der Waals surface area contributed by atoms with Gasteiger partial charge in [-0.15, -0.1) is 11.3 Å². The maximum Gasteiger partial charge on any atom is 0.225 e. The van der Waals surface area contributed by atoms with Crippen molar-refractivity contribution >= 4 is 28.5 Å². The molecule has 0 bridgehead atoms. The first kappa shape index (κ1) is 18.6. The highest BCUT2D eigenvalue weighted by molar-refractivity contribution is 7.16. The van der Waals surface area contributed by atoms with Gasteiger partial charge >= 0.3 is 0 Å². The Bertz CT molecular complexity index is 797. The van der Waals surface area contributed by atoms with Crippen molar-refractivity contribution in [1.82, 2.24) is 0 Å². The number of rotatable bonds is 7. The van der Waals surface area contributed by atoms with E-state index < -0.39 is 0 Å². The van der Waals surface area contributed by atoms with Crippen molar-refractivity contribution < 1.29 is 14.3 Å². The van der Waals surface area contributed by atoms with Gasteiger partial charge in [0.25, 0.3) is 0 Å². The number of hydrogen-bond donors (Lipinski definition) is 1. The van der Waals surface area contributed by atoms with E-state index in [2.05, 4.69) is 12.2 Å². The number of benzene rings is 1. The van der Waals surface area contributed by atoms with E-state index in [1.54, 1.807) is 11.3 Å². The number of amides is 1. The molecule has 1 heterocycles. The molecule has 0 spiro atoms. The average molecular weight is 372 g/mol. The predicted molar refractivity (Wildman–Crippen MR) is 105 cm³/mol. The van der Waals surface area contributed by atoms with E-state index in [1.165, 1.54) is 4.88 Å². The van der Waals surface area contributed by atoms with Crippen LogP contribution in [-0.2, 0) is 17.6 Å². The second-order valence-corrected chi connectivity index (χ2v) is 8.13. The molecule has 4 nitrogen and oxygen atoms in total. The summed E-state index contributed by atoms with van der Waals surface area (Å²) in [6, 6.07) is 7.87. The maximum absolute atomic E-state index is 12.2. The zero-order chi connectivity index (χ0) is 18.5. The lowest BCUT2D eigenvalue weighted by molar-refractivity contribution is -0.116. The largest absolute Gasteiger partial charge is 0.494 e. The summed E-state index contributed by atoms with van der Waals surface area (Å²) in [5.41, 5.74) is 2.97. The molecule has 1 N–H and O–H groups in total. The van der Waals surface area contributed by atoms with Crippen molar-refractivity contribution in [2.24, 2.45) is 5.92 Å². The molecule has 2 aromatic rings. The highest BCUT2D eigenvalue weighted by Crippen LogP contribution is 2.38. The molecule has 0 saturated heterocycles. The van der Waals surface area contributed by atoms with Gasteiger partial charge in [-0.1, -0.05) is 19.1 Å². The molecular weight excluding hydrogens is 346 g/mol. The Hall–Kier alpha value is -2.14. The molecule has 1 aromatic heterocycles. The van der Waals surface area contributed by atoms with Crippen LogP contribution in [0.5, 0.6) is 5.75 Å². The molecule has 1 unspecified atom stereocenters. The summed E-state index contributed by atoms with van der Waals surface area (Å²) in [4.78, 5) is 25.0. The third-order valence-electron chi connectivity index (χ3n) is 4.73. The van der Waals surface area contributed by atoms with Gasteiger partial charge in [0.05, 0.1) is 12.2 Å². The van der Waals surface area contributed by atoms with Gasteiger partial charge in [-0.05, 0) is 61.8 Å². The Morgan fingerprint density at radius 2 is 2.27 bits per heavy atom. The maximum atomic E-state index is 12.2. The summed E-state index contributed by atoms with van der Waals surface area (Å²) < 4.78 is 5.68. The number of hydrogen-bond acceptors (Lipinski definition) is 4. The summed E-state index contributed by atoms with van der Waals surface area (Å²) in [5.74, 6) is 1.41. The van der Waals surface area contributed by atoms with Crippen LogP contribution in [0.3, 0.4) is 0 Å². The molecular formula is C21H25NO3S. The summed E-state index contributed by atoms with van der Waals surface area (Å²) in [6.07, 6.45) is 4.94. The third-order valence-corrected chi connectivity index (χ3v) is 5.92. The van der Waals surface area contributed by atoms with Gasteiger partial charge in [-0.25, -0.2) is 0 Å². The molecule has 1 aliphatic rings. The number of ether oxygens (including phenoxy) is 1. The Balaban J connectivity index is 1.51. The second kappa shape index (κ2) is 8.49.